The fourth-order valence-electron chi connectivity index (χ4n) is 2.25. The third kappa shape index (κ3) is 4.61. The molecule has 1 aromatic carbocycles. The van der Waals surface area contributed by atoms with Crippen molar-refractivity contribution in [3.63, 3.8) is 0 Å². The summed E-state index contributed by atoms with van der Waals surface area (Å²) in [6, 6.07) is 5.75. The highest BCUT2D eigenvalue weighted by Gasteiger charge is 2.18. The third-order valence-electron chi connectivity index (χ3n) is 3.52. The highest BCUT2D eigenvalue weighted by molar-refractivity contribution is 5.78. The van der Waals surface area contributed by atoms with Crippen LogP contribution in [-0.2, 0) is 16.1 Å². The van der Waals surface area contributed by atoms with Gasteiger partial charge in [-0.25, -0.2) is 0 Å². The molecule has 6 heteroatoms. The first-order valence-corrected chi connectivity index (χ1v) is 7.60. The van der Waals surface area contributed by atoms with Crippen molar-refractivity contribution in [1.82, 2.24) is 10.2 Å². The van der Waals surface area contributed by atoms with E-state index in [1.54, 1.807) is 12.0 Å². The van der Waals surface area contributed by atoms with Gasteiger partial charge in [0.25, 0.3) is 5.91 Å². The number of rotatable bonds is 7. The van der Waals surface area contributed by atoms with Crippen LogP contribution in [0.2, 0.25) is 0 Å². The Morgan fingerprint density at radius 3 is 2.77 bits per heavy atom. The summed E-state index contributed by atoms with van der Waals surface area (Å²) in [5.74, 6) is 1.21. The van der Waals surface area contributed by atoms with Crippen molar-refractivity contribution >= 4 is 5.91 Å². The van der Waals surface area contributed by atoms with Gasteiger partial charge in [0.2, 0.25) is 0 Å². The maximum Gasteiger partial charge on any atom is 0.260 e. The maximum absolute atomic E-state index is 12.1. The van der Waals surface area contributed by atoms with Crippen molar-refractivity contribution < 1.29 is 19.0 Å². The van der Waals surface area contributed by atoms with Gasteiger partial charge in [0.1, 0.15) is 0 Å². The van der Waals surface area contributed by atoms with E-state index in [-0.39, 0.29) is 12.5 Å². The molecule has 1 aliphatic rings. The van der Waals surface area contributed by atoms with Gasteiger partial charge in [-0.2, -0.15) is 0 Å². The molecule has 0 radical (unpaired) electrons. The van der Waals surface area contributed by atoms with Crippen LogP contribution in [0.1, 0.15) is 12.5 Å². The lowest BCUT2D eigenvalue weighted by atomic mass is 10.2. The van der Waals surface area contributed by atoms with E-state index in [4.69, 9.17) is 14.2 Å². The standard InChI is InChI=1S/C16H24N2O4/c1-3-17-11-13-4-5-14(15(10-13)20-2)22-12-16(19)18-6-8-21-9-7-18/h4-5,10,17H,3,6-9,11-12H2,1-2H3. The lowest BCUT2D eigenvalue weighted by molar-refractivity contribution is -0.137. The van der Waals surface area contributed by atoms with Gasteiger partial charge in [0.05, 0.1) is 20.3 Å². The second-order valence-corrected chi connectivity index (χ2v) is 5.05. The van der Waals surface area contributed by atoms with Crippen LogP contribution in [-0.4, -0.2) is 57.4 Å². The molecule has 0 atom stereocenters. The second-order valence-electron chi connectivity index (χ2n) is 5.05. The number of amides is 1. The Hall–Kier alpha value is -1.79. The van der Waals surface area contributed by atoms with Gasteiger partial charge in [-0.15, -0.1) is 0 Å². The molecule has 1 aliphatic heterocycles. The lowest BCUT2D eigenvalue weighted by Gasteiger charge is -2.26. The molecule has 6 nitrogen and oxygen atoms in total. The number of hydrogen-bond acceptors (Lipinski definition) is 5. The zero-order chi connectivity index (χ0) is 15.8. The molecule has 1 N–H and O–H groups in total. The normalized spacial score (nSPS) is 14.7. The van der Waals surface area contributed by atoms with Crippen molar-refractivity contribution in [2.45, 2.75) is 13.5 Å². The molecular formula is C16H24N2O4. The minimum Gasteiger partial charge on any atom is -0.493 e. The van der Waals surface area contributed by atoms with Gasteiger partial charge in [0.15, 0.2) is 18.1 Å². The van der Waals surface area contributed by atoms with E-state index in [0.717, 1.165) is 18.7 Å². The summed E-state index contributed by atoms with van der Waals surface area (Å²) in [4.78, 5) is 13.8. The number of benzene rings is 1. The molecule has 22 heavy (non-hydrogen) atoms. The Balaban J connectivity index is 1.92. The lowest BCUT2D eigenvalue weighted by Crippen LogP contribution is -2.43. The summed E-state index contributed by atoms with van der Waals surface area (Å²) in [6.45, 7) is 6.20. The van der Waals surface area contributed by atoms with Crippen molar-refractivity contribution in [2.24, 2.45) is 0 Å². The van der Waals surface area contributed by atoms with Gasteiger partial charge < -0.3 is 24.4 Å². The number of hydrogen-bond donors (Lipinski definition) is 1. The number of ether oxygens (including phenoxy) is 3. The van der Waals surface area contributed by atoms with E-state index in [2.05, 4.69) is 12.2 Å². The van der Waals surface area contributed by atoms with Crippen molar-refractivity contribution in [3.05, 3.63) is 23.8 Å². The van der Waals surface area contributed by atoms with Gasteiger partial charge in [-0.3, -0.25) is 4.79 Å². The largest absolute Gasteiger partial charge is 0.493 e. The molecule has 0 spiro atoms. The maximum atomic E-state index is 12.1. The van der Waals surface area contributed by atoms with Crippen molar-refractivity contribution in [2.75, 3.05) is 46.6 Å². The summed E-state index contributed by atoms with van der Waals surface area (Å²) in [6.07, 6.45) is 0. The molecule has 0 aromatic heterocycles. The van der Waals surface area contributed by atoms with E-state index in [9.17, 15) is 4.79 Å². The van der Waals surface area contributed by atoms with Gasteiger partial charge in [-0.05, 0) is 24.2 Å². The number of morpholine rings is 1. The predicted octanol–water partition coefficient (Wildman–Crippen LogP) is 1.04. The van der Waals surface area contributed by atoms with E-state index in [1.165, 1.54) is 0 Å². The first kappa shape index (κ1) is 16.6. The molecule has 0 bridgehead atoms. The Morgan fingerprint density at radius 2 is 2.09 bits per heavy atom. The highest BCUT2D eigenvalue weighted by atomic mass is 16.5. The van der Waals surface area contributed by atoms with Crippen molar-refractivity contribution in [1.29, 1.82) is 0 Å². The first-order chi connectivity index (χ1) is 10.7. The van der Waals surface area contributed by atoms with Crippen LogP contribution in [0.25, 0.3) is 0 Å². The minimum absolute atomic E-state index is 0.0168. The molecule has 1 saturated heterocycles. The Labute approximate surface area is 131 Å². The molecule has 1 fully saturated rings. The molecule has 1 aromatic rings. The number of carbonyl (C=O) groups excluding carboxylic acids is 1. The first-order valence-electron chi connectivity index (χ1n) is 7.60. The van der Waals surface area contributed by atoms with Crippen LogP contribution in [0.5, 0.6) is 11.5 Å². The molecular weight excluding hydrogens is 284 g/mol. The summed E-state index contributed by atoms with van der Waals surface area (Å²) in [5, 5.41) is 3.26. The van der Waals surface area contributed by atoms with Gasteiger partial charge in [0, 0.05) is 19.6 Å². The second kappa shape index (κ2) is 8.60. The SMILES string of the molecule is CCNCc1ccc(OCC(=O)N2CCOCC2)c(OC)c1. The van der Waals surface area contributed by atoms with Crippen molar-refractivity contribution in [3.8, 4) is 11.5 Å². The fraction of sp³-hybridized carbons (Fsp3) is 0.562. The number of methoxy groups -OCH3 is 1. The predicted molar refractivity (Wildman–Crippen MR) is 83.3 cm³/mol. The van der Waals surface area contributed by atoms with Crippen LogP contribution >= 0.6 is 0 Å². The molecule has 1 amide bonds. The van der Waals surface area contributed by atoms with Gasteiger partial charge in [-0.1, -0.05) is 13.0 Å². The summed E-state index contributed by atoms with van der Waals surface area (Å²) >= 11 is 0. The topological polar surface area (TPSA) is 60.0 Å². The summed E-state index contributed by atoms with van der Waals surface area (Å²) in [5.41, 5.74) is 1.12. The molecule has 122 valence electrons. The van der Waals surface area contributed by atoms with E-state index >= 15 is 0 Å². The zero-order valence-corrected chi connectivity index (χ0v) is 13.3. The third-order valence-corrected chi connectivity index (χ3v) is 3.52. The van der Waals surface area contributed by atoms with E-state index < -0.39 is 0 Å². The molecule has 0 unspecified atom stereocenters. The van der Waals surface area contributed by atoms with E-state index in [1.807, 2.05) is 18.2 Å². The Morgan fingerprint density at radius 1 is 1.32 bits per heavy atom. The molecule has 1 heterocycles. The number of nitrogens with zero attached hydrogens (tertiary/aromatic N) is 1. The van der Waals surface area contributed by atoms with Crippen LogP contribution in [0.15, 0.2) is 18.2 Å². The minimum atomic E-state index is -0.0259. The van der Waals surface area contributed by atoms with Gasteiger partial charge >= 0.3 is 0 Å². The number of nitrogens with one attached hydrogen (secondary N) is 1. The average Bonchev–Trinajstić information content (AvgIpc) is 2.58. The van der Waals surface area contributed by atoms with Crippen LogP contribution in [0.4, 0.5) is 0 Å². The Bertz CT molecular complexity index is 487. The summed E-state index contributed by atoms with van der Waals surface area (Å²) < 4.78 is 16.2. The highest BCUT2D eigenvalue weighted by Crippen LogP contribution is 2.28. The zero-order valence-electron chi connectivity index (χ0n) is 13.3. The number of carbonyl (C=O) groups is 1. The van der Waals surface area contributed by atoms with E-state index in [0.29, 0.717) is 37.8 Å². The average molecular weight is 308 g/mol. The molecule has 0 saturated carbocycles. The smallest absolute Gasteiger partial charge is 0.260 e. The quantitative estimate of drug-likeness (QED) is 0.815. The molecule has 0 aliphatic carbocycles. The van der Waals surface area contributed by atoms with Crippen LogP contribution in [0, 0.1) is 0 Å². The summed E-state index contributed by atoms with van der Waals surface area (Å²) in [7, 11) is 1.60. The Kier molecular flexibility index (Phi) is 6.48. The fourth-order valence-corrected chi connectivity index (χ4v) is 2.25. The molecule has 2 rings (SSSR count). The van der Waals surface area contributed by atoms with Crippen LogP contribution in [0.3, 0.4) is 0 Å². The van der Waals surface area contributed by atoms with Crippen LogP contribution < -0.4 is 14.8 Å². The monoisotopic (exact) mass is 308 g/mol.